The number of aliphatic hydroxyl groups excluding tert-OH is 1. The van der Waals surface area contributed by atoms with E-state index in [4.69, 9.17) is 4.74 Å². The van der Waals surface area contributed by atoms with Crippen LogP contribution in [0.1, 0.15) is 45.2 Å². The van der Waals surface area contributed by atoms with E-state index in [1.807, 2.05) is 51.1 Å². The zero-order valence-corrected chi connectivity index (χ0v) is 13.1. The van der Waals surface area contributed by atoms with Crippen molar-refractivity contribution in [1.29, 1.82) is 0 Å². The van der Waals surface area contributed by atoms with Gasteiger partial charge in [-0.25, -0.2) is 4.79 Å². The number of nitrogens with zero attached hydrogens (tertiary/aromatic N) is 1. The monoisotopic (exact) mass is 291 g/mol. The number of aliphatic hydroxyl groups is 1. The van der Waals surface area contributed by atoms with Gasteiger partial charge in [0, 0.05) is 13.2 Å². The normalized spacial score (nSPS) is 23.0. The summed E-state index contributed by atoms with van der Waals surface area (Å²) < 4.78 is 5.53. The molecule has 1 heterocycles. The summed E-state index contributed by atoms with van der Waals surface area (Å²) in [6, 6.07) is 10.1. The minimum absolute atomic E-state index is 0.0313. The average Bonchev–Trinajstić information content (AvgIpc) is 2.45. The predicted molar refractivity (Wildman–Crippen MR) is 81.9 cm³/mol. The molecule has 0 aliphatic carbocycles. The molecule has 4 nitrogen and oxygen atoms in total. The van der Waals surface area contributed by atoms with Crippen molar-refractivity contribution < 1.29 is 14.6 Å². The number of piperidine rings is 1. The predicted octanol–water partition coefficient (Wildman–Crippen LogP) is 3.37. The average molecular weight is 291 g/mol. The second kappa shape index (κ2) is 6.48. The molecule has 1 N–H and O–H groups in total. The van der Waals surface area contributed by atoms with Crippen LogP contribution in [-0.4, -0.2) is 34.9 Å². The van der Waals surface area contributed by atoms with Gasteiger partial charge in [-0.1, -0.05) is 30.3 Å². The Morgan fingerprint density at radius 1 is 1.29 bits per heavy atom. The number of benzene rings is 1. The maximum Gasteiger partial charge on any atom is 0.410 e. The third-order valence-corrected chi connectivity index (χ3v) is 3.75. The van der Waals surface area contributed by atoms with Gasteiger partial charge < -0.3 is 14.7 Å². The number of carbonyl (C=O) groups excluding carboxylic acids is 1. The molecule has 1 fully saturated rings. The molecule has 1 amide bonds. The molecular formula is C17H25NO3. The lowest BCUT2D eigenvalue weighted by Crippen LogP contribution is -2.45. The quantitative estimate of drug-likeness (QED) is 0.909. The van der Waals surface area contributed by atoms with Gasteiger partial charge in [0.15, 0.2) is 0 Å². The van der Waals surface area contributed by atoms with Crippen LogP contribution in [0.4, 0.5) is 4.79 Å². The third-order valence-electron chi connectivity index (χ3n) is 3.75. The van der Waals surface area contributed by atoms with E-state index < -0.39 is 5.60 Å². The number of carbonyl (C=O) groups is 1. The first-order valence-corrected chi connectivity index (χ1v) is 7.56. The van der Waals surface area contributed by atoms with Crippen molar-refractivity contribution in [2.75, 3.05) is 13.2 Å². The maximum atomic E-state index is 12.5. The van der Waals surface area contributed by atoms with E-state index in [2.05, 4.69) is 0 Å². The molecule has 0 spiro atoms. The highest BCUT2D eigenvalue weighted by Crippen LogP contribution is 2.34. The van der Waals surface area contributed by atoms with E-state index in [1.54, 1.807) is 4.90 Å². The van der Waals surface area contributed by atoms with Gasteiger partial charge in [-0.2, -0.15) is 0 Å². The Hall–Kier alpha value is -1.55. The Labute approximate surface area is 126 Å². The Morgan fingerprint density at radius 2 is 1.95 bits per heavy atom. The minimum Gasteiger partial charge on any atom is -0.444 e. The highest BCUT2D eigenvalue weighted by atomic mass is 16.6. The van der Waals surface area contributed by atoms with Crippen LogP contribution < -0.4 is 0 Å². The van der Waals surface area contributed by atoms with Gasteiger partial charge in [-0.05, 0) is 45.1 Å². The van der Waals surface area contributed by atoms with E-state index in [-0.39, 0.29) is 24.7 Å². The highest BCUT2D eigenvalue weighted by Gasteiger charge is 2.34. The Morgan fingerprint density at radius 3 is 2.52 bits per heavy atom. The van der Waals surface area contributed by atoms with Gasteiger partial charge in [0.25, 0.3) is 0 Å². The lowest BCUT2D eigenvalue weighted by molar-refractivity contribution is -0.00203. The van der Waals surface area contributed by atoms with Crippen LogP contribution in [0.2, 0.25) is 0 Å². The summed E-state index contributed by atoms with van der Waals surface area (Å²) in [5, 5.41) is 9.40. The minimum atomic E-state index is -0.509. The summed E-state index contributed by atoms with van der Waals surface area (Å²) in [7, 11) is 0. The summed E-state index contributed by atoms with van der Waals surface area (Å²) >= 11 is 0. The molecule has 2 rings (SSSR count). The van der Waals surface area contributed by atoms with E-state index in [0.29, 0.717) is 6.54 Å². The zero-order valence-electron chi connectivity index (χ0n) is 13.1. The number of ether oxygens (including phenoxy) is 1. The molecule has 1 saturated heterocycles. The molecule has 0 saturated carbocycles. The van der Waals surface area contributed by atoms with Gasteiger partial charge in [0.05, 0.1) is 6.04 Å². The van der Waals surface area contributed by atoms with Crippen LogP contribution in [0, 0.1) is 5.92 Å². The molecule has 1 aromatic carbocycles. The van der Waals surface area contributed by atoms with E-state index in [0.717, 1.165) is 18.4 Å². The molecule has 1 aliphatic heterocycles. The van der Waals surface area contributed by atoms with Crippen molar-refractivity contribution in [3.05, 3.63) is 35.9 Å². The second-order valence-corrected chi connectivity index (χ2v) is 6.69. The molecule has 4 heteroatoms. The molecule has 1 aromatic rings. The van der Waals surface area contributed by atoms with Gasteiger partial charge in [-0.15, -0.1) is 0 Å². The molecule has 0 bridgehead atoms. The van der Waals surface area contributed by atoms with E-state index >= 15 is 0 Å². The lowest BCUT2D eigenvalue weighted by Gasteiger charge is -2.40. The molecular weight excluding hydrogens is 266 g/mol. The van der Waals surface area contributed by atoms with Gasteiger partial charge >= 0.3 is 6.09 Å². The van der Waals surface area contributed by atoms with Gasteiger partial charge in [0.1, 0.15) is 5.60 Å². The fraction of sp³-hybridized carbons (Fsp3) is 0.588. The lowest BCUT2D eigenvalue weighted by atomic mass is 9.90. The topological polar surface area (TPSA) is 49.8 Å². The molecule has 2 atom stereocenters. The van der Waals surface area contributed by atoms with E-state index in [1.165, 1.54) is 0 Å². The highest BCUT2D eigenvalue weighted by molar-refractivity contribution is 5.69. The van der Waals surface area contributed by atoms with Crippen LogP contribution >= 0.6 is 0 Å². The van der Waals surface area contributed by atoms with Crippen molar-refractivity contribution >= 4 is 6.09 Å². The summed E-state index contributed by atoms with van der Waals surface area (Å²) in [5.41, 5.74) is 0.615. The van der Waals surface area contributed by atoms with Crippen LogP contribution in [0.15, 0.2) is 30.3 Å². The van der Waals surface area contributed by atoms with E-state index in [9.17, 15) is 9.90 Å². The second-order valence-electron chi connectivity index (χ2n) is 6.69. The number of likely N-dealkylation sites (tertiary alicyclic amines) is 1. The fourth-order valence-electron chi connectivity index (χ4n) is 2.74. The van der Waals surface area contributed by atoms with Crippen LogP contribution in [0.3, 0.4) is 0 Å². The van der Waals surface area contributed by atoms with Crippen molar-refractivity contribution in [2.24, 2.45) is 5.92 Å². The van der Waals surface area contributed by atoms with Crippen LogP contribution in [-0.2, 0) is 4.74 Å². The largest absolute Gasteiger partial charge is 0.444 e. The standard InChI is InChI=1S/C17H25NO3/c1-17(2,3)21-16(20)18-11-13(12-19)9-10-15(18)14-7-5-4-6-8-14/h4-8,13,15,19H,9-12H2,1-3H3. The summed E-state index contributed by atoms with van der Waals surface area (Å²) in [4.78, 5) is 14.2. The Kier molecular flexibility index (Phi) is 4.88. The summed E-state index contributed by atoms with van der Waals surface area (Å²) in [6.45, 7) is 6.27. The molecule has 21 heavy (non-hydrogen) atoms. The Balaban J connectivity index is 2.19. The first-order chi connectivity index (χ1) is 9.90. The number of rotatable bonds is 2. The van der Waals surface area contributed by atoms with Crippen molar-refractivity contribution in [3.8, 4) is 0 Å². The van der Waals surface area contributed by atoms with Crippen molar-refractivity contribution in [3.63, 3.8) is 0 Å². The molecule has 0 aromatic heterocycles. The molecule has 0 radical (unpaired) electrons. The van der Waals surface area contributed by atoms with Crippen LogP contribution in [0.25, 0.3) is 0 Å². The zero-order chi connectivity index (χ0) is 15.5. The van der Waals surface area contributed by atoms with Crippen LogP contribution in [0.5, 0.6) is 0 Å². The molecule has 2 unspecified atom stereocenters. The van der Waals surface area contributed by atoms with Gasteiger partial charge in [-0.3, -0.25) is 0 Å². The fourth-order valence-corrected chi connectivity index (χ4v) is 2.74. The summed E-state index contributed by atoms with van der Waals surface area (Å²) in [5.74, 6) is 0.137. The first-order valence-electron chi connectivity index (χ1n) is 7.56. The SMILES string of the molecule is CC(C)(C)OC(=O)N1CC(CO)CCC1c1ccccc1. The van der Waals surface area contributed by atoms with Crippen molar-refractivity contribution in [2.45, 2.75) is 45.3 Å². The smallest absolute Gasteiger partial charge is 0.410 e. The maximum absolute atomic E-state index is 12.5. The molecule has 116 valence electrons. The van der Waals surface area contributed by atoms with Crippen molar-refractivity contribution in [1.82, 2.24) is 4.90 Å². The number of hydrogen-bond acceptors (Lipinski definition) is 3. The van der Waals surface area contributed by atoms with Gasteiger partial charge in [0.2, 0.25) is 0 Å². The first kappa shape index (κ1) is 15.8. The summed E-state index contributed by atoms with van der Waals surface area (Å²) in [6.07, 6.45) is 1.48. The molecule has 1 aliphatic rings. The third kappa shape index (κ3) is 4.21. The Bertz CT molecular complexity index is 467. The number of amides is 1. The number of hydrogen-bond donors (Lipinski definition) is 1.